The van der Waals surface area contributed by atoms with Crippen molar-refractivity contribution in [2.75, 3.05) is 13.2 Å². The maximum atomic E-state index is 12.0. The number of rotatable bonds is 7. The van der Waals surface area contributed by atoms with Crippen molar-refractivity contribution in [2.45, 2.75) is 40.3 Å². The minimum absolute atomic E-state index is 0. The van der Waals surface area contributed by atoms with Crippen LogP contribution in [0, 0.1) is 6.92 Å². The minimum atomic E-state index is -0.322. The van der Waals surface area contributed by atoms with Crippen LogP contribution >= 0.6 is 35.3 Å². The van der Waals surface area contributed by atoms with Gasteiger partial charge in [-0.3, -0.25) is 4.68 Å². The highest BCUT2D eigenvalue weighted by molar-refractivity contribution is 14.0. The molecule has 0 aliphatic carbocycles. The van der Waals surface area contributed by atoms with Crippen molar-refractivity contribution in [3.05, 3.63) is 33.5 Å². The van der Waals surface area contributed by atoms with E-state index >= 15 is 0 Å². The van der Waals surface area contributed by atoms with Gasteiger partial charge in [-0.15, -0.1) is 35.3 Å². The van der Waals surface area contributed by atoms with Gasteiger partial charge >= 0.3 is 5.97 Å². The zero-order valence-electron chi connectivity index (χ0n) is 16.3. The van der Waals surface area contributed by atoms with E-state index in [1.165, 1.54) is 11.3 Å². The number of esters is 1. The number of thiazole rings is 1. The molecule has 27 heavy (non-hydrogen) atoms. The van der Waals surface area contributed by atoms with E-state index in [0.717, 1.165) is 17.2 Å². The maximum Gasteiger partial charge on any atom is 0.350 e. The summed E-state index contributed by atoms with van der Waals surface area (Å²) in [5.41, 5.74) is 1.71. The molecule has 0 spiro atoms. The second kappa shape index (κ2) is 11.2. The van der Waals surface area contributed by atoms with Crippen LogP contribution in [0.4, 0.5) is 0 Å². The summed E-state index contributed by atoms with van der Waals surface area (Å²) in [6.07, 6.45) is 1.75. The van der Waals surface area contributed by atoms with Crippen molar-refractivity contribution in [3.8, 4) is 0 Å². The van der Waals surface area contributed by atoms with E-state index in [2.05, 4.69) is 25.7 Å². The van der Waals surface area contributed by atoms with Crippen LogP contribution in [0.15, 0.2) is 17.3 Å². The van der Waals surface area contributed by atoms with Gasteiger partial charge in [-0.05, 0) is 33.8 Å². The molecule has 2 aromatic rings. The first-order valence-electron chi connectivity index (χ1n) is 8.62. The summed E-state index contributed by atoms with van der Waals surface area (Å²) < 4.78 is 6.88. The first-order valence-corrected chi connectivity index (χ1v) is 9.44. The molecule has 0 radical (unpaired) electrons. The lowest BCUT2D eigenvalue weighted by atomic mass is 10.3. The zero-order chi connectivity index (χ0) is 19.1. The highest BCUT2D eigenvalue weighted by Crippen LogP contribution is 2.24. The molecule has 10 heteroatoms. The van der Waals surface area contributed by atoms with Crippen molar-refractivity contribution >= 4 is 47.2 Å². The summed E-state index contributed by atoms with van der Waals surface area (Å²) in [5.74, 6) is 0.365. The van der Waals surface area contributed by atoms with Gasteiger partial charge in [-0.1, -0.05) is 0 Å². The first kappa shape index (κ1) is 23.3. The lowest BCUT2D eigenvalue weighted by Crippen LogP contribution is -2.38. The van der Waals surface area contributed by atoms with Crippen molar-refractivity contribution in [1.82, 2.24) is 25.4 Å². The van der Waals surface area contributed by atoms with Gasteiger partial charge in [0.25, 0.3) is 0 Å². The Balaban J connectivity index is 0.00000364. The number of aromatic nitrogens is 3. The van der Waals surface area contributed by atoms with Gasteiger partial charge in [0.2, 0.25) is 0 Å². The predicted octanol–water partition coefficient (Wildman–Crippen LogP) is 2.80. The number of hydrogen-bond donors (Lipinski definition) is 2. The second-order valence-electron chi connectivity index (χ2n) is 5.69. The van der Waals surface area contributed by atoms with Gasteiger partial charge in [-0.2, -0.15) is 5.10 Å². The number of aryl methyl sites for hydroxylation is 2. The Kier molecular flexibility index (Phi) is 9.70. The third-order valence-corrected chi connectivity index (χ3v) is 4.98. The molecule has 2 rings (SSSR count). The van der Waals surface area contributed by atoms with E-state index in [0.29, 0.717) is 29.7 Å². The first-order chi connectivity index (χ1) is 12.5. The van der Waals surface area contributed by atoms with E-state index in [1.54, 1.807) is 17.8 Å². The molecular weight excluding hydrogens is 479 g/mol. The highest BCUT2D eigenvalue weighted by atomic mass is 127. The van der Waals surface area contributed by atoms with E-state index < -0.39 is 0 Å². The van der Waals surface area contributed by atoms with Crippen LogP contribution < -0.4 is 10.6 Å². The quantitative estimate of drug-likeness (QED) is 0.260. The molecule has 8 nitrogen and oxygen atoms in total. The number of halogens is 1. The summed E-state index contributed by atoms with van der Waals surface area (Å²) in [5, 5.41) is 11.5. The third kappa shape index (κ3) is 6.45. The molecule has 0 aliphatic heterocycles. The number of carbonyl (C=O) groups is 1. The molecular formula is C17H27IN6O2S. The topological polar surface area (TPSA) is 93.4 Å². The molecule has 2 aromatic heterocycles. The van der Waals surface area contributed by atoms with Gasteiger partial charge in [0.15, 0.2) is 5.96 Å². The van der Waals surface area contributed by atoms with Crippen molar-refractivity contribution in [2.24, 2.45) is 12.0 Å². The third-order valence-electron chi connectivity index (χ3n) is 3.66. The number of carbonyl (C=O) groups excluding carboxylic acids is 1. The molecule has 0 amide bonds. The van der Waals surface area contributed by atoms with Crippen LogP contribution in [0.3, 0.4) is 0 Å². The average molecular weight is 506 g/mol. The fraction of sp³-hybridized carbons (Fsp3) is 0.529. The predicted molar refractivity (Wildman–Crippen MR) is 118 cm³/mol. The van der Waals surface area contributed by atoms with Gasteiger partial charge in [0, 0.05) is 19.8 Å². The molecule has 0 fully saturated rings. The highest BCUT2D eigenvalue weighted by Gasteiger charge is 2.20. The standard InChI is InChI=1S/C17H26N6O2S.HI/c1-6-18-17(19-10-13-8-9-20-23(13)5)22-12(4)15-21-11(3)14(26-15)16(24)25-7-2;/h8-9,12H,6-7,10H2,1-5H3,(H2,18,19,22);1H. The normalized spacial score (nSPS) is 12.3. The molecule has 0 saturated carbocycles. The van der Waals surface area contributed by atoms with Crippen LogP contribution in [0.2, 0.25) is 0 Å². The number of hydrogen-bond acceptors (Lipinski definition) is 6. The molecule has 0 bridgehead atoms. The summed E-state index contributed by atoms with van der Waals surface area (Å²) in [4.78, 5) is 21.6. The Morgan fingerprint density at radius 1 is 1.44 bits per heavy atom. The smallest absolute Gasteiger partial charge is 0.350 e. The van der Waals surface area contributed by atoms with Crippen LogP contribution in [-0.4, -0.2) is 39.8 Å². The van der Waals surface area contributed by atoms with E-state index in [4.69, 9.17) is 4.74 Å². The maximum absolute atomic E-state index is 12.0. The summed E-state index contributed by atoms with van der Waals surface area (Å²) in [6.45, 7) is 9.23. The van der Waals surface area contributed by atoms with E-state index in [1.807, 2.05) is 33.9 Å². The summed E-state index contributed by atoms with van der Waals surface area (Å²) in [6, 6.07) is 1.85. The molecule has 2 heterocycles. The lowest BCUT2D eigenvalue weighted by Gasteiger charge is -2.16. The Morgan fingerprint density at radius 2 is 2.19 bits per heavy atom. The Hall–Kier alpha value is -1.69. The van der Waals surface area contributed by atoms with Gasteiger partial charge in [0.1, 0.15) is 9.88 Å². The lowest BCUT2D eigenvalue weighted by molar-refractivity contribution is 0.0531. The fourth-order valence-corrected chi connectivity index (χ4v) is 3.25. The molecule has 1 unspecified atom stereocenters. The molecule has 2 N–H and O–H groups in total. The minimum Gasteiger partial charge on any atom is -0.462 e. The largest absolute Gasteiger partial charge is 0.462 e. The number of nitrogens with zero attached hydrogens (tertiary/aromatic N) is 4. The average Bonchev–Trinajstić information content (AvgIpc) is 3.19. The molecule has 0 aliphatic rings. The molecule has 0 aromatic carbocycles. The van der Waals surface area contributed by atoms with E-state index in [-0.39, 0.29) is 36.0 Å². The van der Waals surface area contributed by atoms with Gasteiger partial charge in [0.05, 0.1) is 30.6 Å². The summed E-state index contributed by atoms with van der Waals surface area (Å²) in [7, 11) is 1.89. The van der Waals surface area contributed by atoms with Gasteiger partial charge < -0.3 is 15.4 Å². The Labute approximate surface area is 180 Å². The molecule has 0 saturated heterocycles. The van der Waals surface area contributed by atoms with Crippen LogP contribution in [0.1, 0.15) is 52.9 Å². The second-order valence-corrected chi connectivity index (χ2v) is 6.73. The number of guanidine groups is 1. The number of nitrogens with one attached hydrogen (secondary N) is 2. The van der Waals surface area contributed by atoms with Crippen LogP contribution in [-0.2, 0) is 18.3 Å². The van der Waals surface area contributed by atoms with Crippen molar-refractivity contribution in [1.29, 1.82) is 0 Å². The molecule has 150 valence electrons. The monoisotopic (exact) mass is 506 g/mol. The van der Waals surface area contributed by atoms with Crippen LogP contribution in [0.5, 0.6) is 0 Å². The summed E-state index contributed by atoms with van der Waals surface area (Å²) >= 11 is 1.35. The Morgan fingerprint density at radius 3 is 2.78 bits per heavy atom. The van der Waals surface area contributed by atoms with Crippen molar-refractivity contribution < 1.29 is 9.53 Å². The number of ether oxygens (including phenoxy) is 1. The van der Waals surface area contributed by atoms with Gasteiger partial charge in [-0.25, -0.2) is 14.8 Å². The zero-order valence-corrected chi connectivity index (χ0v) is 19.4. The van der Waals surface area contributed by atoms with Crippen molar-refractivity contribution in [3.63, 3.8) is 0 Å². The Bertz CT molecular complexity index is 773. The molecule has 1 atom stereocenters. The fourth-order valence-electron chi connectivity index (χ4n) is 2.29. The SMILES string of the molecule is CCNC(=NCc1ccnn1C)NC(C)c1nc(C)c(C(=O)OCC)s1.I. The number of aliphatic imine (C=N–C) groups is 1. The van der Waals surface area contributed by atoms with Crippen LogP contribution in [0.25, 0.3) is 0 Å². The van der Waals surface area contributed by atoms with E-state index in [9.17, 15) is 4.79 Å².